The fourth-order valence-electron chi connectivity index (χ4n) is 3.85. The van der Waals surface area contributed by atoms with E-state index in [4.69, 9.17) is 4.74 Å². The van der Waals surface area contributed by atoms with Gasteiger partial charge >= 0.3 is 0 Å². The molecule has 0 atom stereocenters. The molecule has 0 spiro atoms. The highest BCUT2D eigenvalue weighted by molar-refractivity contribution is 9.10. The summed E-state index contributed by atoms with van der Waals surface area (Å²) in [6, 6.07) is 30.6. The minimum Gasteiger partial charge on any atom is -0.494 e. The minimum absolute atomic E-state index is 0.0997. The molecule has 3 amide bonds. The molecule has 0 saturated heterocycles. The maximum absolute atomic E-state index is 13.3. The third kappa shape index (κ3) is 10.5. The maximum atomic E-state index is 13.3. The highest BCUT2D eigenvalue weighted by atomic mass is 79.9. The quantitative estimate of drug-likeness (QED) is 0.0775. The van der Waals surface area contributed by atoms with Crippen LogP contribution in [0.2, 0.25) is 0 Å². The van der Waals surface area contributed by atoms with Gasteiger partial charge in [0.2, 0.25) is 5.91 Å². The lowest BCUT2D eigenvalue weighted by molar-refractivity contribution is -0.114. The van der Waals surface area contributed by atoms with Crippen molar-refractivity contribution in [2.24, 2.45) is 0 Å². The van der Waals surface area contributed by atoms with Crippen LogP contribution in [0, 0.1) is 0 Å². The highest BCUT2D eigenvalue weighted by Crippen LogP contribution is 2.22. The summed E-state index contributed by atoms with van der Waals surface area (Å²) in [5.74, 6) is 0.0239. The lowest BCUT2D eigenvalue weighted by Crippen LogP contribution is -2.30. The number of benzene rings is 4. The fourth-order valence-corrected chi connectivity index (χ4v) is 4.97. The Morgan fingerprint density at radius 1 is 0.837 bits per heavy atom. The van der Waals surface area contributed by atoms with E-state index < -0.39 is 11.8 Å². The van der Waals surface area contributed by atoms with Crippen molar-refractivity contribution in [2.75, 3.05) is 23.0 Å². The van der Waals surface area contributed by atoms with E-state index in [2.05, 4.69) is 38.8 Å². The summed E-state index contributed by atoms with van der Waals surface area (Å²) in [4.78, 5) is 39.4. The third-order valence-electron chi connectivity index (χ3n) is 6.08. The molecule has 4 rings (SSSR count). The van der Waals surface area contributed by atoms with Crippen LogP contribution in [0.4, 0.5) is 11.4 Å². The van der Waals surface area contributed by atoms with E-state index in [1.165, 1.54) is 11.8 Å². The highest BCUT2D eigenvalue weighted by Gasteiger charge is 2.15. The lowest BCUT2D eigenvalue weighted by atomic mass is 10.1. The molecule has 3 N–H and O–H groups in total. The van der Waals surface area contributed by atoms with E-state index in [1.807, 2.05) is 66.7 Å². The summed E-state index contributed by atoms with van der Waals surface area (Å²) in [6.45, 7) is 2.79. The van der Waals surface area contributed by atoms with Crippen molar-refractivity contribution in [1.29, 1.82) is 0 Å². The second kappa shape index (κ2) is 16.3. The van der Waals surface area contributed by atoms with Crippen molar-refractivity contribution in [1.82, 2.24) is 5.32 Å². The van der Waals surface area contributed by atoms with Crippen molar-refractivity contribution in [3.8, 4) is 5.75 Å². The van der Waals surface area contributed by atoms with Gasteiger partial charge in [0.05, 0.1) is 12.4 Å². The zero-order valence-corrected chi connectivity index (χ0v) is 26.0. The van der Waals surface area contributed by atoms with E-state index in [-0.39, 0.29) is 17.4 Å². The van der Waals surface area contributed by atoms with Crippen LogP contribution in [-0.4, -0.2) is 30.1 Å². The predicted molar refractivity (Wildman–Crippen MR) is 177 cm³/mol. The molecule has 9 heteroatoms. The number of nitrogens with one attached hydrogen (secondary N) is 3. The minimum atomic E-state index is -0.467. The normalized spacial score (nSPS) is 11.0. The molecule has 0 saturated carbocycles. The second-order valence-electron chi connectivity index (χ2n) is 9.47. The van der Waals surface area contributed by atoms with Crippen molar-refractivity contribution < 1.29 is 19.1 Å². The van der Waals surface area contributed by atoms with Crippen LogP contribution in [-0.2, 0) is 9.59 Å². The summed E-state index contributed by atoms with van der Waals surface area (Å²) in [6.07, 6.45) is 3.70. The summed E-state index contributed by atoms with van der Waals surface area (Å²) in [7, 11) is 0. The number of hydrogen-bond acceptors (Lipinski definition) is 5. The van der Waals surface area contributed by atoms with Gasteiger partial charge in [0.1, 0.15) is 11.4 Å². The number of thioether (sulfide) groups is 1. The SMILES string of the molecule is CCCCOc1ccc(NC(=O)CSc2ccc(NC(=O)/C(=C/c3cccc(Br)c3)NC(=O)c3ccccc3)cc2)cc1. The van der Waals surface area contributed by atoms with Gasteiger partial charge in [-0.3, -0.25) is 14.4 Å². The summed E-state index contributed by atoms with van der Waals surface area (Å²) in [5, 5.41) is 8.48. The number of anilines is 2. The van der Waals surface area contributed by atoms with E-state index >= 15 is 0 Å². The molecular formula is C34H32BrN3O4S. The second-order valence-corrected chi connectivity index (χ2v) is 11.4. The Bertz CT molecular complexity index is 1560. The Kier molecular flexibility index (Phi) is 12.0. The lowest BCUT2D eigenvalue weighted by Gasteiger charge is -2.12. The van der Waals surface area contributed by atoms with Gasteiger partial charge in [-0.15, -0.1) is 11.8 Å². The topological polar surface area (TPSA) is 96.5 Å². The number of carbonyl (C=O) groups is 3. The van der Waals surface area contributed by atoms with Crippen molar-refractivity contribution in [3.63, 3.8) is 0 Å². The Morgan fingerprint density at radius 2 is 1.53 bits per heavy atom. The van der Waals surface area contributed by atoms with Gasteiger partial charge in [0, 0.05) is 26.3 Å². The zero-order chi connectivity index (χ0) is 30.4. The number of rotatable bonds is 13. The molecule has 43 heavy (non-hydrogen) atoms. The number of halogens is 1. The Balaban J connectivity index is 1.33. The van der Waals surface area contributed by atoms with Gasteiger partial charge in [0.15, 0.2) is 0 Å². The number of amides is 3. The molecule has 0 aliphatic rings. The van der Waals surface area contributed by atoms with Crippen LogP contribution < -0.4 is 20.7 Å². The van der Waals surface area contributed by atoms with Crippen LogP contribution in [0.1, 0.15) is 35.7 Å². The first-order chi connectivity index (χ1) is 20.9. The van der Waals surface area contributed by atoms with Crippen LogP contribution in [0.3, 0.4) is 0 Å². The largest absolute Gasteiger partial charge is 0.494 e. The summed E-state index contributed by atoms with van der Waals surface area (Å²) >= 11 is 4.82. The summed E-state index contributed by atoms with van der Waals surface area (Å²) < 4.78 is 6.51. The van der Waals surface area contributed by atoms with Gasteiger partial charge in [-0.1, -0.05) is 59.6 Å². The van der Waals surface area contributed by atoms with Crippen LogP contribution >= 0.6 is 27.7 Å². The molecule has 0 fully saturated rings. The molecule has 0 aliphatic heterocycles. The van der Waals surface area contributed by atoms with Crippen LogP contribution in [0.25, 0.3) is 6.08 Å². The third-order valence-corrected chi connectivity index (χ3v) is 7.58. The van der Waals surface area contributed by atoms with E-state index in [0.717, 1.165) is 33.5 Å². The van der Waals surface area contributed by atoms with Gasteiger partial charge < -0.3 is 20.7 Å². The molecule has 0 unspecified atom stereocenters. The number of unbranched alkanes of at least 4 members (excludes halogenated alkanes) is 1. The maximum Gasteiger partial charge on any atom is 0.272 e. The Morgan fingerprint density at radius 3 is 2.23 bits per heavy atom. The van der Waals surface area contributed by atoms with Gasteiger partial charge in [-0.2, -0.15) is 0 Å². The molecular weight excluding hydrogens is 626 g/mol. The standard InChI is InChI=1S/C34H32BrN3O4S/c1-2-3-20-42-29-16-12-27(13-17-29)36-32(39)23-43-30-18-14-28(15-19-30)37-34(41)31(22-24-8-7-11-26(35)21-24)38-33(40)25-9-5-4-6-10-25/h4-19,21-22H,2-3,20,23H2,1H3,(H,36,39)(H,37,41)(H,38,40)/b31-22-. The molecule has 220 valence electrons. The fraction of sp³-hybridized carbons (Fsp3) is 0.147. The zero-order valence-electron chi connectivity index (χ0n) is 23.6. The van der Waals surface area contributed by atoms with Crippen molar-refractivity contribution >= 4 is 62.9 Å². The first-order valence-corrected chi connectivity index (χ1v) is 15.6. The van der Waals surface area contributed by atoms with Gasteiger partial charge in [-0.25, -0.2) is 0 Å². The average molecular weight is 659 g/mol. The van der Waals surface area contributed by atoms with E-state index in [9.17, 15) is 14.4 Å². The summed E-state index contributed by atoms with van der Waals surface area (Å²) in [5.41, 5.74) is 2.54. The molecule has 0 radical (unpaired) electrons. The number of carbonyl (C=O) groups excluding carboxylic acids is 3. The number of hydrogen-bond donors (Lipinski definition) is 3. The first-order valence-electron chi connectivity index (χ1n) is 13.8. The monoisotopic (exact) mass is 657 g/mol. The van der Waals surface area contributed by atoms with Gasteiger partial charge in [-0.05, 0) is 90.9 Å². The Labute approximate surface area is 264 Å². The molecule has 7 nitrogen and oxygen atoms in total. The molecule has 0 bridgehead atoms. The predicted octanol–water partition coefficient (Wildman–Crippen LogP) is 7.77. The molecule has 0 heterocycles. The average Bonchev–Trinajstić information content (AvgIpc) is 3.02. The van der Waals surface area contributed by atoms with E-state index in [1.54, 1.807) is 42.5 Å². The number of ether oxygens (including phenoxy) is 1. The molecule has 4 aromatic carbocycles. The molecule has 0 aliphatic carbocycles. The molecule has 0 aromatic heterocycles. The molecule has 4 aromatic rings. The van der Waals surface area contributed by atoms with Crippen LogP contribution in [0.5, 0.6) is 5.75 Å². The van der Waals surface area contributed by atoms with Crippen LogP contribution in [0.15, 0.2) is 118 Å². The smallest absolute Gasteiger partial charge is 0.272 e. The Hall–Kier alpha value is -4.34. The van der Waals surface area contributed by atoms with Crippen molar-refractivity contribution in [3.05, 3.63) is 124 Å². The van der Waals surface area contributed by atoms with Gasteiger partial charge in [0.25, 0.3) is 11.8 Å². The van der Waals surface area contributed by atoms with E-state index in [0.29, 0.717) is 23.5 Å². The first kappa shape index (κ1) is 31.6. The van der Waals surface area contributed by atoms with Crippen molar-refractivity contribution in [2.45, 2.75) is 24.7 Å².